The minimum Gasteiger partial charge on any atom is -0.367 e. The highest BCUT2D eigenvalue weighted by Gasteiger charge is 2.23. The van der Waals surface area contributed by atoms with Gasteiger partial charge in [0.05, 0.1) is 5.02 Å². The normalized spacial score (nSPS) is 18.5. The number of carbonyl (C=O) groups excluding carboxylic acids is 1. The molecule has 3 rings (SSSR count). The van der Waals surface area contributed by atoms with E-state index in [1.54, 1.807) is 0 Å². The van der Waals surface area contributed by atoms with Crippen LogP contribution in [0.4, 0.5) is 16.0 Å². The van der Waals surface area contributed by atoms with Crippen molar-refractivity contribution in [3.05, 3.63) is 46.5 Å². The lowest BCUT2D eigenvalue weighted by Gasteiger charge is -2.30. The first kappa shape index (κ1) is 23.2. The molecule has 0 radical (unpaired) electrons. The molecule has 0 unspecified atom stereocenters. The van der Waals surface area contributed by atoms with Crippen molar-refractivity contribution in [3.63, 3.8) is 0 Å². The molecule has 1 heterocycles. The van der Waals surface area contributed by atoms with Gasteiger partial charge in [-0.25, -0.2) is 14.4 Å². The van der Waals surface area contributed by atoms with E-state index in [-0.39, 0.29) is 34.9 Å². The number of anilines is 2. The number of nitrogens with zero attached hydrogens (tertiary/aromatic N) is 3. The van der Waals surface area contributed by atoms with Crippen molar-refractivity contribution in [2.45, 2.75) is 44.7 Å². The van der Waals surface area contributed by atoms with Gasteiger partial charge in [0.1, 0.15) is 23.3 Å². The van der Waals surface area contributed by atoms with Gasteiger partial charge >= 0.3 is 0 Å². The fourth-order valence-electron chi connectivity index (χ4n) is 3.35. The molecule has 0 saturated heterocycles. The third-order valence-corrected chi connectivity index (χ3v) is 5.19. The van der Waals surface area contributed by atoms with Crippen LogP contribution in [0.2, 0.25) is 5.02 Å². The van der Waals surface area contributed by atoms with Crippen LogP contribution in [0.25, 0.3) is 0 Å². The van der Waals surface area contributed by atoms with E-state index in [2.05, 4.69) is 20.6 Å². The molecule has 158 valence electrons. The van der Waals surface area contributed by atoms with Crippen LogP contribution < -0.4 is 15.5 Å². The molecule has 6 nitrogen and oxygen atoms in total. The maximum absolute atomic E-state index is 13.5. The number of halogens is 3. The summed E-state index contributed by atoms with van der Waals surface area (Å²) in [5, 5.41) is 6.49. The Balaban J connectivity index is 0.00000300. The van der Waals surface area contributed by atoms with E-state index < -0.39 is 5.82 Å². The minimum atomic E-state index is -0.584. The van der Waals surface area contributed by atoms with Gasteiger partial charge in [0.15, 0.2) is 0 Å². The number of aromatic nitrogens is 2. The second kappa shape index (κ2) is 10.1. The quantitative estimate of drug-likeness (QED) is 0.726. The van der Waals surface area contributed by atoms with Crippen molar-refractivity contribution in [3.8, 4) is 0 Å². The summed E-state index contributed by atoms with van der Waals surface area (Å²) in [5.74, 6) is 1.56. The predicted octanol–water partition coefficient (Wildman–Crippen LogP) is 4.22. The Labute approximate surface area is 181 Å². The first-order valence-electron chi connectivity index (χ1n) is 9.37. The molecule has 1 aromatic carbocycles. The zero-order valence-electron chi connectivity index (χ0n) is 16.7. The first-order chi connectivity index (χ1) is 13.3. The van der Waals surface area contributed by atoms with E-state index in [1.165, 1.54) is 18.2 Å². The number of benzene rings is 1. The molecule has 0 aliphatic heterocycles. The average Bonchev–Trinajstić information content (AvgIpc) is 2.65. The van der Waals surface area contributed by atoms with Crippen molar-refractivity contribution in [1.29, 1.82) is 0 Å². The minimum absolute atomic E-state index is 0. The van der Waals surface area contributed by atoms with Crippen LogP contribution in [0.5, 0.6) is 0 Å². The molecule has 2 N–H and O–H groups in total. The Kier molecular flexibility index (Phi) is 8.05. The molecule has 9 heteroatoms. The lowest BCUT2D eigenvalue weighted by molar-refractivity contribution is 0.0926. The average molecular weight is 442 g/mol. The summed E-state index contributed by atoms with van der Waals surface area (Å²) in [7, 11) is 3.90. The van der Waals surface area contributed by atoms with Gasteiger partial charge in [-0.3, -0.25) is 4.79 Å². The highest BCUT2D eigenvalue weighted by Crippen LogP contribution is 2.24. The standard InChI is InChI=1S/C20H25ClFN5O.ClH/c1-12-23-18(11-19(24-12)27(2)3)25-14-5-7-15(8-6-14)26-20(28)13-4-9-16(21)17(22)10-13;/h4,9-11,14-15H,5-8H2,1-3H3,(H,26,28)(H,23,24,25);1H. The lowest BCUT2D eigenvalue weighted by atomic mass is 9.91. The van der Waals surface area contributed by atoms with Crippen LogP contribution in [0, 0.1) is 12.7 Å². The van der Waals surface area contributed by atoms with E-state index in [0.29, 0.717) is 6.04 Å². The number of hydrogen-bond acceptors (Lipinski definition) is 5. The Morgan fingerprint density at radius 2 is 1.79 bits per heavy atom. The Morgan fingerprint density at radius 3 is 2.41 bits per heavy atom. The molecule has 1 amide bonds. The Morgan fingerprint density at radius 1 is 1.14 bits per heavy atom. The van der Waals surface area contributed by atoms with E-state index in [0.717, 1.165) is 43.1 Å². The molecular formula is C20H26Cl2FN5O. The number of amides is 1. The predicted molar refractivity (Wildman–Crippen MR) is 117 cm³/mol. The van der Waals surface area contributed by atoms with E-state index in [4.69, 9.17) is 11.6 Å². The van der Waals surface area contributed by atoms with Gasteiger partial charge in [0.25, 0.3) is 5.91 Å². The summed E-state index contributed by atoms with van der Waals surface area (Å²) in [4.78, 5) is 23.2. The Hall–Kier alpha value is -2.12. The van der Waals surface area contributed by atoms with Crippen molar-refractivity contribution < 1.29 is 9.18 Å². The second-order valence-electron chi connectivity index (χ2n) is 7.35. The van der Waals surface area contributed by atoms with E-state index in [1.807, 2.05) is 32.0 Å². The maximum Gasteiger partial charge on any atom is 0.251 e. The summed E-state index contributed by atoms with van der Waals surface area (Å²) in [5.41, 5.74) is 0.287. The summed E-state index contributed by atoms with van der Waals surface area (Å²) in [6.45, 7) is 1.88. The van der Waals surface area contributed by atoms with Gasteiger partial charge in [-0.05, 0) is 50.8 Å². The largest absolute Gasteiger partial charge is 0.367 e. The molecule has 1 aromatic heterocycles. The van der Waals surface area contributed by atoms with Crippen molar-refractivity contribution in [2.75, 3.05) is 24.3 Å². The van der Waals surface area contributed by atoms with Gasteiger partial charge in [-0.1, -0.05) is 11.6 Å². The fourth-order valence-corrected chi connectivity index (χ4v) is 3.47. The van der Waals surface area contributed by atoms with Crippen LogP contribution >= 0.6 is 24.0 Å². The van der Waals surface area contributed by atoms with Crippen molar-refractivity contribution in [2.24, 2.45) is 0 Å². The third-order valence-electron chi connectivity index (χ3n) is 4.88. The molecule has 1 fully saturated rings. The summed E-state index contributed by atoms with van der Waals surface area (Å²) < 4.78 is 13.5. The zero-order valence-corrected chi connectivity index (χ0v) is 18.3. The Bertz CT molecular complexity index is 857. The van der Waals surface area contributed by atoms with Gasteiger partial charge < -0.3 is 15.5 Å². The van der Waals surface area contributed by atoms with Gasteiger partial charge in [0, 0.05) is 37.8 Å². The SMILES string of the molecule is Cc1nc(NC2CCC(NC(=O)c3ccc(Cl)c(F)c3)CC2)cc(N(C)C)n1.Cl. The van der Waals surface area contributed by atoms with E-state index in [9.17, 15) is 9.18 Å². The number of carbonyl (C=O) groups is 1. The summed E-state index contributed by atoms with van der Waals surface area (Å²) in [6.07, 6.45) is 3.54. The van der Waals surface area contributed by atoms with E-state index >= 15 is 0 Å². The molecular weight excluding hydrogens is 416 g/mol. The van der Waals surface area contributed by atoms with Crippen molar-refractivity contribution in [1.82, 2.24) is 15.3 Å². The summed E-state index contributed by atoms with van der Waals surface area (Å²) in [6, 6.07) is 6.42. The highest BCUT2D eigenvalue weighted by molar-refractivity contribution is 6.30. The highest BCUT2D eigenvalue weighted by atomic mass is 35.5. The molecule has 1 aliphatic rings. The smallest absolute Gasteiger partial charge is 0.251 e. The number of nitrogens with one attached hydrogen (secondary N) is 2. The maximum atomic E-state index is 13.5. The molecule has 0 bridgehead atoms. The molecule has 29 heavy (non-hydrogen) atoms. The topological polar surface area (TPSA) is 70.2 Å². The van der Waals surface area contributed by atoms with Crippen LogP contribution in [-0.2, 0) is 0 Å². The lowest BCUT2D eigenvalue weighted by Crippen LogP contribution is -2.40. The zero-order chi connectivity index (χ0) is 20.3. The number of aryl methyl sites for hydroxylation is 1. The number of hydrogen-bond donors (Lipinski definition) is 2. The molecule has 1 saturated carbocycles. The van der Waals surface area contributed by atoms with Crippen LogP contribution in [0.3, 0.4) is 0 Å². The molecule has 2 aromatic rings. The molecule has 0 spiro atoms. The van der Waals surface area contributed by atoms with Crippen molar-refractivity contribution >= 4 is 41.6 Å². The second-order valence-corrected chi connectivity index (χ2v) is 7.76. The monoisotopic (exact) mass is 441 g/mol. The van der Waals surface area contributed by atoms with Crippen LogP contribution in [0.1, 0.15) is 41.9 Å². The van der Waals surface area contributed by atoms with Gasteiger partial charge in [-0.2, -0.15) is 0 Å². The van der Waals surface area contributed by atoms with Gasteiger partial charge in [0.2, 0.25) is 0 Å². The molecule has 1 aliphatic carbocycles. The summed E-state index contributed by atoms with van der Waals surface area (Å²) >= 11 is 5.67. The number of rotatable bonds is 5. The molecule has 0 atom stereocenters. The van der Waals surface area contributed by atoms with Crippen LogP contribution in [0.15, 0.2) is 24.3 Å². The first-order valence-corrected chi connectivity index (χ1v) is 9.75. The third kappa shape index (κ3) is 6.18. The van der Waals surface area contributed by atoms with Gasteiger partial charge in [-0.15, -0.1) is 12.4 Å². The fraction of sp³-hybridized carbons (Fsp3) is 0.450. The van der Waals surface area contributed by atoms with Crippen LogP contribution in [-0.4, -0.2) is 42.1 Å².